The molecule has 2 rings (SSSR count). The first-order valence-electron chi connectivity index (χ1n) is 11.1. The van der Waals surface area contributed by atoms with E-state index in [1.165, 1.54) is 80.9 Å². The molecule has 0 spiro atoms. The molecule has 0 saturated carbocycles. The van der Waals surface area contributed by atoms with Crippen LogP contribution in [0.1, 0.15) is 82.3 Å². The van der Waals surface area contributed by atoms with Crippen LogP contribution in [0.15, 0.2) is 48.5 Å². The summed E-state index contributed by atoms with van der Waals surface area (Å²) in [4.78, 5) is 11.1. The average Bonchev–Trinajstić information content (AvgIpc) is 2.70. The Kier molecular flexibility index (Phi) is 10.4. The van der Waals surface area contributed by atoms with E-state index < -0.39 is 5.97 Å². The maximum Gasteiger partial charge on any atom is 0.307 e. The second kappa shape index (κ2) is 13.1. The summed E-state index contributed by atoms with van der Waals surface area (Å²) in [6.45, 7) is 2.26. The lowest BCUT2D eigenvalue weighted by molar-refractivity contribution is -0.136. The fraction of sp³-hybridized carbons (Fsp3) is 0.500. The molecule has 0 bridgehead atoms. The monoisotopic (exact) mass is 380 g/mol. The van der Waals surface area contributed by atoms with E-state index in [2.05, 4.69) is 43.3 Å². The zero-order valence-electron chi connectivity index (χ0n) is 17.5. The first kappa shape index (κ1) is 22.2. The van der Waals surface area contributed by atoms with Crippen molar-refractivity contribution < 1.29 is 9.90 Å². The molecule has 2 aromatic rings. The first-order valence-corrected chi connectivity index (χ1v) is 11.1. The summed E-state index contributed by atoms with van der Waals surface area (Å²) in [6, 6.07) is 16.6. The van der Waals surface area contributed by atoms with Gasteiger partial charge in [0.25, 0.3) is 0 Å². The molecular weight excluding hydrogens is 344 g/mol. The molecule has 0 aliphatic carbocycles. The topological polar surface area (TPSA) is 37.3 Å². The van der Waals surface area contributed by atoms with Gasteiger partial charge in [-0.1, -0.05) is 113 Å². The summed E-state index contributed by atoms with van der Waals surface area (Å²) in [7, 11) is 0. The standard InChI is InChI=1S/C26H36O2/c1-2-3-4-5-6-7-8-9-10-12-17-24-20-22(21-26(27)28)18-19-25(24)23-15-13-11-14-16-23/h11,13-16,18-20H,2-10,12,17,21H2,1H3,(H,27,28). The van der Waals surface area contributed by atoms with Gasteiger partial charge >= 0.3 is 5.97 Å². The molecule has 0 unspecified atom stereocenters. The van der Waals surface area contributed by atoms with Crippen LogP contribution < -0.4 is 0 Å². The fourth-order valence-corrected chi connectivity index (χ4v) is 3.84. The van der Waals surface area contributed by atoms with Crippen molar-refractivity contribution in [2.24, 2.45) is 0 Å². The minimum Gasteiger partial charge on any atom is -0.481 e. The van der Waals surface area contributed by atoms with Gasteiger partial charge in [-0.2, -0.15) is 0 Å². The highest BCUT2D eigenvalue weighted by molar-refractivity contribution is 5.72. The van der Waals surface area contributed by atoms with Gasteiger partial charge in [0.2, 0.25) is 0 Å². The third kappa shape index (κ3) is 8.29. The molecular formula is C26H36O2. The highest BCUT2D eigenvalue weighted by atomic mass is 16.4. The fourth-order valence-electron chi connectivity index (χ4n) is 3.84. The van der Waals surface area contributed by atoms with E-state index in [9.17, 15) is 4.79 Å². The number of hydrogen-bond acceptors (Lipinski definition) is 1. The first-order chi connectivity index (χ1) is 13.7. The van der Waals surface area contributed by atoms with Crippen LogP contribution in [0.2, 0.25) is 0 Å². The lowest BCUT2D eigenvalue weighted by atomic mass is 9.93. The smallest absolute Gasteiger partial charge is 0.307 e. The molecule has 0 aliphatic rings. The van der Waals surface area contributed by atoms with Crippen molar-refractivity contribution in [2.45, 2.75) is 84.0 Å². The summed E-state index contributed by atoms with van der Waals surface area (Å²) in [5.41, 5.74) is 4.64. The third-order valence-electron chi connectivity index (χ3n) is 5.41. The molecule has 0 saturated heterocycles. The van der Waals surface area contributed by atoms with E-state index in [4.69, 9.17) is 5.11 Å². The zero-order chi connectivity index (χ0) is 20.0. The molecule has 28 heavy (non-hydrogen) atoms. The average molecular weight is 381 g/mol. The van der Waals surface area contributed by atoms with E-state index in [0.29, 0.717) is 0 Å². The van der Waals surface area contributed by atoms with E-state index in [1.54, 1.807) is 0 Å². The van der Waals surface area contributed by atoms with Gasteiger partial charge in [0.05, 0.1) is 6.42 Å². The molecule has 0 fully saturated rings. The second-order valence-corrected chi connectivity index (χ2v) is 7.86. The summed E-state index contributed by atoms with van der Waals surface area (Å²) in [5.74, 6) is -0.766. The molecule has 0 radical (unpaired) electrons. The number of rotatable bonds is 14. The van der Waals surface area contributed by atoms with Crippen molar-refractivity contribution in [1.82, 2.24) is 0 Å². The predicted molar refractivity (Wildman–Crippen MR) is 119 cm³/mol. The van der Waals surface area contributed by atoms with Gasteiger partial charge in [0, 0.05) is 0 Å². The molecule has 0 atom stereocenters. The number of aliphatic carboxylic acids is 1. The van der Waals surface area contributed by atoms with Crippen LogP contribution in [0.5, 0.6) is 0 Å². The van der Waals surface area contributed by atoms with Crippen LogP contribution >= 0.6 is 0 Å². The van der Waals surface area contributed by atoms with Crippen LogP contribution in [-0.2, 0) is 17.6 Å². The summed E-state index contributed by atoms with van der Waals surface area (Å²) < 4.78 is 0. The van der Waals surface area contributed by atoms with E-state index >= 15 is 0 Å². The molecule has 152 valence electrons. The van der Waals surface area contributed by atoms with Gasteiger partial charge in [-0.3, -0.25) is 4.79 Å². The molecule has 0 aliphatic heterocycles. The quantitative estimate of drug-likeness (QED) is 0.346. The van der Waals surface area contributed by atoms with Crippen molar-refractivity contribution in [3.63, 3.8) is 0 Å². The summed E-state index contributed by atoms with van der Waals surface area (Å²) >= 11 is 0. The maximum atomic E-state index is 11.1. The Morgan fingerprint density at radius 3 is 2.00 bits per heavy atom. The number of unbranched alkanes of at least 4 members (excludes halogenated alkanes) is 9. The van der Waals surface area contributed by atoms with Gasteiger partial charge in [-0.25, -0.2) is 0 Å². The Hall–Kier alpha value is -2.09. The van der Waals surface area contributed by atoms with Crippen LogP contribution in [0.25, 0.3) is 11.1 Å². The number of aryl methyl sites for hydroxylation is 1. The minimum atomic E-state index is -0.766. The highest BCUT2D eigenvalue weighted by Gasteiger charge is 2.08. The largest absolute Gasteiger partial charge is 0.481 e. The molecule has 2 nitrogen and oxygen atoms in total. The van der Waals surface area contributed by atoms with E-state index in [1.807, 2.05) is 12.1 Å². The number of carboxylic acids is 1. The second-order valence-electron chi connectivity index (χ2n) is 7.86. The molecule has 0 aromatic heterocycles. The van der Waals surface area contributed by atoms with Gasteiger partial charge in [-0.05, 0) is 35.1 Å². The normalized spacial score (nSPS) is 10.9. The number of carbonyl (C=O) groups is 1. The highest BCUT2D eigenvalue weighted by Crippen LogP contribution is 2.27. The molecule has 2 heteroatoms. The minimum absolute atomic E-state index is 0.0973. The molecule has 0 amide bonds. The molecule has 1 N–H and O–H groups in total. The van der Waals surface area contributed by atoms with Gasteiger partial charge in [0.15, 0.2) is 0 Å². The van der Waals surface area contributed by atoms with Gasteiger partial charge in [0.1, 0.15) is 0 Å². The van der Waals surface area contributed by atoms with Crippen molar-refractivity contribution in [3.8, 4) is 11.1 Å². The Morgan fingerprint density at radius 2 is 1.39 bits per heavy atom. The predicted octanol–water partition coefficient (Wildman–Crippen LogP) is 7.44. The van der Waals surface area contributed by atoms with Crippen molar-refractivity contribution in [3.05, 3.63) is 59.7 Å². The Morgan fingerprint density at radius 1 is 0.786 bits per heavy atom. The zero-order valence-corrected chi connectivity index (χ0v) is 17.5. The summed E-state index contributed by atoms with van der Waals surface area (Å²) in [6.07, 6.45) is 14.4. The lowest BCUT2D eigenvalue weighted by Gasteiger charge is -2.12. The number of benzene rings is 2. The molecule has 2 aromatic carbocycles. The van der Waals surface area contributed by atoms with Gasteiger partial charge in [-0.15, -0.1) is 0 Å². The van der Waals surface area contributed by atoms with Crippen LogP contribution in [0.3, 0.4) is 0 Å². The van der Waals surface area contributed by atoms with E-state index in [-0.39, 0.29) is 6.42 Å². The van der Waals surface area contributed by atoms with Crippen molar-refractivity contribution in [2.75, 3.05) is 0 Å². The summed E-state index contributed by atoms with van der Waals surface area (Å²) in [5, 5.41) is 9.11. The number of carboxylic acid groups (broad SMARTS) is 1. The van der Waals surface area contributed by atoms with Crippen LogP contribution in [-0.4, -0.2) is 11.1 Å². The maximum absolute atomic E-state index is 11.1. The Balaban J connectivity index is 1.84. The molecule has 0 heterocycles. The third-order valence-corrected chi connectivity index (χ3v) is 5.41. The van der Waals surface area contributed by atoms with Gasteiger partial charge < -0.3 is 5.11 Å². The van der Waals surface area contributed by atoms with Crippen LogP contribution in [0, 0.1) is 0 Å². The Labute approximate surface area is 171 Å². The van der Waals surface area contributed by atoms with Crippen molar-refractivity contribution in [1.29, 1.82) is 0 Å². The van der Waals surface area contributed by atoms with Crippen LogP contribution in [0.4, 0.5) is 0 Å². The SMILES string of the molecule is CCCCCCCCCCCCc1cc(CC(=O)O)ccc1-c1ccccc1. The van der Waals surface area contributed by atoms with Crippen molar-refractivity contribution >= 4 is 5.97 Å². The Bertz CT molecular complexity index is 691. The van der Waals surface area contributed by atoms with E-state index in [0.717, 1.165) is 12.0 Å². The lowest BCUT2D eigenvalue weighted by Crippen LogP contribution is -2.01. The number of hydrogen-bond donors (Lipinski definition) is 1.